The summed E-state index contributed by atoms with van der Waals surface area (Å²) in [6, 6.07) is 18.7. The van der Waals surface area contributed by atoms with Gasteiger partial charge < -0.3 is 31.7 Å². The number of carboxylic acids is 2. The molecule has 0 spiro atoms. The molecule has 0 aliphatic rings. The third-order valence-corrected chi connectivity index (χ3v) is 4.74. The maximum atomic E-state index is 12.2. The number of halogens is 3. The Morgan fingerprint density at radius 2 is 1.43 bits per heavy atom. The van der Waals surface area contributed by atoms with Crippen LogP contribution in [-0.2, 0) is 19.1 Å². The molecule has 0 saturated heterocycles. The van der Waals surface area contributed by atoms with Gasteiger partial charge in [-0.15, -0.1) is 0 Å². The summed E-state index contributed by atoms with van der Waals surface area (Å²) in [6.07, 6.45) is -4.44. The van der Waals surface area contributed by atoms with E-state index in [-0.39, 0.29) is 24.9 Å². The van der Waals surface area contributed by atoms with Crippen molar-refractivity contribution in [1.29, 1.82) is 0 Å². The second kappa shape index (κ2) is 15.8. The summed E-state index contributed by atoms with van der Waals surface area (Å²) < 4.78 is 37.4. The molecule has 0 aromatic heterocycles. The van der Waals surface area contributed by atoms with E-state index in [9.17, 15) is 27.9 Å². The van der Waals surface area contributed by atoms with E-state index in [4.69, 9.17) is 26.1 Å². The molecule has 0 aliphatic heterocycles. The van der Waals surface area contributed by atoms with Crippen LogP contribution in [0.3, 0.4) is 0 Å². The lowest BCUT2D eigenvalue weighted by molar-refractivity contribution is -0.192. The summed E-state index contributed by atoms with van der Waals surface area (Å²) >= 11 is 0. The summed E-state index contributed by atoms with van der Waals surface area (Å²) in [5.74, 6) is -4.43. The molecule has 1 unspecified atom stereocenters. The van der Waals surface area contributed by atoms with Gasteiger partial charge >= 0.3 is 18.1 Å². The number of rotatable bonds is 12. The highest BCUT2D eigenvalue weighted by Gasteiger charge is 2.38. The monoisotopic (exact) mass is 526 g/mol. The number of hydrogen-bond acceptors (Lipinski definition) is 5. The third-order valence-electron chi connectivity index (χ3n) is 4.74. The van der Waals surface area contributed by atoms with Crippen molar-refractivity contribution in [2.45, 2.75) is 31.0 Å². The minimum atomic E-state index is -5.08. The number of ether oxygens (including phenoxy) is 1. The second-order valence-corrected chi connectivity index (χ2v) is 7.60. The van der Waals surface area contributed by atoms with Crippen molar-refractivity contribution in [2.75, 3.05) is 19.8 Å². The van der Waals surface area contributed by atoms with Gasteiger partial charge in [0.15, 0.2) is 5.96 Å². The van der Waals surface area contributed by atoms with Crippen LogP contribution < -0.4 is 16.8 Å². The van der Waals surface area contributed by atoms with Crippen molar-refractivity contribution in [3.8, 4) is 0 Å². The Labute approximate surface area is 211 Å². The predicted octanol–water partition coefficient (Wildman–Crippen LogP) is 2.09. The Morgan fingerprint density at radius 3 is 1.84 bits per heavy atom. The smallest absolute Gasteiger partial charge is 0.480 e. The van der Waals surface area contributed by atoms with Crippen LogP contribution in [0.5, 0.6) is 0 Å². The topological polar surface area (TPSA) is 177 Å². The Balaban J connectivity index is 0.000000856. The molecule has 0 heterocycles. The van der Waals surface area contributed by atoms with Crippen molar-refractivity contribution in [3.63, 3.8) is 0 Å². The average molecular weight is 527 g/mol. The molecule has 7 N–H and O–H groups in total. The number of amides is 1. The first-order valence-corrected chi connectivity index (χ1v) is 11.0. The maximum absolute atomic E-state index is 12.2. The van der Waals surface area contributed by atoms with Crippen molar-refractivity contribution in [2.24, 2.45) is 16.5 Å². The fourth-order valence-corrected chi connectivity index (χ4v) is 3.02. The van der Waals surface area contributed by atoms with Gasteiger partial charge in [0.05, 0.1) is 6.61 Å². The Hall–Kier alpha value is -4.13. The van der Waals surface area contributed by atoms with Crippen LogP contribution in [0.4, 0.5) is 13.2 Å². The molecule has 2 aromatic rings. The predicted molar refractivity (Wildman–Crippen MR) is 129 cm³/mol. The molecular formula is C24H29F3N4O6. The number of hydrogen-bond donors (Lipinski definition) is 5. The van der Waals surface area contributed by atoms with Crippen LogP contribution in [0.1, 0.15) is 29.9 Å². The molecule has 37 heavy (non-hydrogen) atoms. The van der Waals surface area contributed by atoms with E-state index in [2.05, 4.69) is 10.3 Å². The zero-order valence-corrected chi connectivity index (χ0v) is 19.7. The number of nitrogens with one attached hydrogen (secondary N) is 1. The Kier molecular flexibility index (Phi) is 13.2. The Morgan fingerprint density at radius 1 is 0.946 bits per heavy atom. The highest BCUT2D eigenvalue weighted by atomic mass is 19.4. The van der Waals surface area contributed by atoms with E-state index in [1.165, 1.54) is 0 Å². The largest absolute Gasteiger partial charge is 0.490 e. The minimum Gasteiger partial charge on any atom is -0.480 e. The lowest BCUT2D eigenvalue weighted by atomic mass is 9.92. The summed E-state index contributed by atoms with van der Waals surface area (Å²) in [7, 11) is 0. The summed E-state index contributed by atoms with van der Waals surface area (Å²) in [4.78, 5) is 36.3. The van der Waals surface area contributed by atoms with Crippen molar-refractivity contribution in [1.82, 2.24) is 5.32 Å². The molecule has 2 aromatic carbocycles. The van der Waals surface area contributed by atoms with Crippen LogP contribution in [0.25, 0.3) is 0 Å². The standard InChI is InChI=1S/C22H28N4O4.C2HF3O2/c23-22(24)25-13-7-12-19(21(28)29)26-20(27)15-30-14-18(16-8-3-1-4-9-16)17-10-5-2-6-11-17;3-2(4,5)1(6)7/h1-6,8-11,18-19H,7,12-15H2,(H,26,27)(H,28,29)(H4,23,24,25);(H,6,7). The van der Waals surface area contributed by atoms with Crippen LogP contribution in [-0.4, -0.2) is 66.0 Å². The number of aliphatic carboxylic acids is 2. The van der Waals surface area contributed by atoms with Gasteiger partial charge in [0.1, 0.15) is 12.6 Å². The SMILES string of the molecule is NC(N)=NCCCC(NC(=O)COCC(c1ccccc1)c1ccccc1)C(=O)O.O=C(O)C(F)(F)F. The quantitative estimate of drug-likeness (QED) is 0.159. The lowest BCUT2D eigenvalue weighted by Crippen LogP contribution is -2.42. The number of carbonyl (C=O) groups is 3. The number of guanidine groups is 1. The molecule has 202 valence electrons. The van der Waals surface area contributed by atoms with E-state index in [0.717, 1.165) is 11.1 Å². The fraction of sp³-hybridized carbons (Fsp3) is 0.333. The molecule has 2 rings (SSSR count). The second-order valence-electron chi connectivity index (χ2n) is 7.60. The van der Waals surface area contributed by atoms with Gasteiger partial charge in [-0.05, 0) is 24.0 Å². The highest BCUT2D eigenvalue weighted by molar-refractivity contribution is 5.84. The zero-order chi connectivity index (χ0) is 27.8. The van der Waals surface area contributed by atoms with E-state index in [0.29, 0.717) is 19.6 Å². The number of nitrogens with two attached hydrogens (primary N) is 2. The lowest BCUT2D eigenvalue weighted by Gasteiger charge is -2.19. The third kappa shape index (κ3) is 12.9. The van der Waals surface area contributed by atoms with Crippen LogP contribution in [0, 0.1) is 0 Å². The molecule has 0 radical (unpaired) electrons. The van der Waals surface area contributed by atoms with E-state index >= 15 is 0 Å². The van der Waals surface area contributed by atoms with E-state index < -0.39 is 30.1 Å². The normalized spacial score (nSPS) is 11.6. The number of carbonyl (C=O) groups excluding carboxylic acids is 1. The molecule has 0 saturated carbocycles. The van der Waals surface area contributed by atoms with Crippen LogP contribution >= 0.6 is 0 Å². The van der Waals surface area contributed by atoms with Crippen LogP contribution in [0.2, 0.25) is 0 Å². The average Bonchev–Trinajstić information content (AvgIpc) is 2.84. The van der Waals surface area contributed by atoms with E-state index in [1.54, 1.807) is 0 Å². The van der Waals surface area contributed by atoms with Gasteiger partial charge in [0, 0.05) is 12.5 Å². The van der Waals surface area contributed by atoms with Gasteiger partial charge in [-0.25, -0.2) is 9.59 Å². The molecule has 0 bridgehead atoms. The van der Waals surface area contributed by atoms with Gasteiger partial charge in [0.2, 0.25) is 5.91 Å². The first-order valence-electron chi connectivity index (χ1n) is 11.0. The van der Waals surface area contributed by atoms with E-state index in [1.807, 2.05) is 60.7 Å². The summed E-state index contributed by atoms with van der Waals surface area (Å²) in [6.45, 7) is 0.367. The maximum Gasteiger partial charge on any atom is 0.490 e. The van der Waals surface area contributed by atoms with Gasteiger partial charge in [-0.1, -0.05) is 60.7 Å². The molecule has 0 fully saturated rings. The first-order chi connectivity index (χ1) is 17.4. The number of carboxylic acid groups (broad SMARTS) is 2. The summed E-state index contributed by atoms with van der Waals surface area (Å²) in [5, 5.41) is 18.9. The summed E-state index contributed by atoms with van der Waals surface area (Å²) in [5.41, 5.74) is 12.6. The van der Waals surface area contributed by atoms with Crippen molar-refractivity contribution >= 4 is 23.8 Å². The van der Waals surface area contributed by atoms with Gasteiger partial charge in [-0.2, -0.15) is 13.2 Å². The highest BCUT2D eigenvalue weighted by Crippen LogP contribution is 2.24. The molecule has 1 atom stereocenters. The fourth-order valence-electron chi connectivity index (χ4n) is 3.02. The van der Waals surface area contributed by atoms with Crippen molar-refractivity contribution in [3.05, 3.63) is 71.8 Å². The molecule has 10 nitrogen and oxygen atoms in total. The Bertz CT molecular complexity index is 977. The molecule has 1 amide bonds. The first kappa shape index (κ1) is 30.9. The number of alkyl halides is 3. The van der Waals surface area contributed by atoms with Crippen LogP contribution in [0.15, 0.2) is 65.7 Å². The molecule has 13 heteroatoms. The van der Waals surface area contributed by atoms with Gasteiger partial charge in [0.25, 0.3) is 0 Å². The number of nitrogens with zero attached hydrogens (tertiary/aromatic N) is 1. The molecular weight excluding hydrogens is 497 g/mol. The zero-order valence-electron chi connectivity index (χ0n) is 19.7. The van der Waals surface area contributed by atoms with Gasteiger partial charge in [-0.3, -0.25) is 9.79 Å². The van der Waals surface area contributed by atoms with Crippen molar-refractivity contribution < 1.29 is 42.5 Å². The number of aliphatic imine (C=N–C) groups is 1. The minimum absolute atomic E-state index is 0.0324. The molecule has 0 aliphatic carbocycles. The number of benzene rings is 2.